The van der Waals surface area contributed by atoms with E-state index in [1.54, 1.807) is 13.2 Å². The molecule has 1 aliphatic rings. The first-order valence-corrected chi connectivity index (χ1v) is 5.23. The topological polar surface area (TPSA) is 55.5 Å². The summed E-state index contributed by atoms with van der Waals surface area (Å²) in [5.74, 6) is 0.709. The van der Waals surface area contributed by atoms with Gasteiger partial charge in [-0.3, -0.25) is 0 Å². The summed E-state index contributed by atoms with van der Waals surface area (Å²) in [5.41, 5.74) is 7.28. The van der Waals surface area contributed by atoms with Crippen LogP contribution >= 0.6 is 0 Å². The fourth-order valence-corrected chi connectivity index (χ4v) is 2.13. The molecule has 82 valence electrons. The van der Waals surface area contributed by atoms with Crippen LogP contribution in [0, 0.1) is 0 Å². The van der Waals surface area contributed by atoms with E-state index in [4.69, 9.17) is 10.5 Å². The molecule has 0 heterocycles. The Labute approximate surface area is 89.9 Å². The predicted molar refractivity (Wildman–Crippen MR) is 59.2 cm³/mol. The molecule has 1 unspecified atom stereocenters. The highest BCUT2D eigenvalue weighted by Crippen LogP contribution is 2.51. The summed E-state index contributed by atoms with van der Waals surface area (Å²) in [7, 11) is 1.56. The molecule has 0 aromatic heterocycles. The van der Waals surface area contributed by atoms with Crippen LogP contribution in [0.2, 0.25) is 0 Å². The molecule has 0 spiro atoms. The third-order valence-corrected chi connectivity index (χ3v) is 3.41. The van der Waals surface area contributed by atoms with Crippen LogP contribution in [-0.4, -0.2) is 18.3 Å². The highest BCUT2D eigenvalue weighted by Gasteiger charge is 2.47. The van der Waals surface area contributed by atoms with Gasteiger partial charge >= 0.3 is 0 Å². The predicted octanol–water partition coefficient (Wildman–Crippen LogP) is 1.78. The van der Waals surface area contributed by atoms with Gasteiger partial charge in [-0.1, -0.05) is 6.07 Å². The van der Waals surface area contributed by atoms with Crippen molar-refractivity contribution in [2.75, 3.05) is 7.11 Å². The summed E-state index contributed by atoms with van der Waals surface area (Å²) < 4.78 is 5.10. The number of phenolic OH excluding ortho intramolecular Hbond substituents is 1. The third-order valence-electron chi connectivity index (χ3n) is 3.41. The monoisotopic (exact) mass is 207 g/mol. The van der Waals surface area contributed by atoms with E-state index in [1.807, 2.05) is 19.1 Å². The van der Waals surface area contributed by atoms with Gasteiger partial charge in [-0.2, -0.15) is 0 Å². The van der Waals surface area contributed by atoms with E-state index in [9.17, 15) is 5.11 Å². The van der Waals surface area contributed by atoms with E-state index >= 15 is 0 Å². The molecule has 3 nitrogen and oxygen atoms in total. The SMILES string of the molecule is COc1cc(C2(C(C)N)CC2)ccc1O. The van der Waals surface area contributed by atoms with Gasteiger partial charge in [0.2, 0.25) is 0 Å². The minimum Gasteiger partial charge on any atom is -0.504 e. The zero-order chi connectivity index (χ0) is 11.1. The van der Waals surface area contributed by atoms with Gasteiger partial charge in [0.15, 0.2) is 11.5 Å². The van der Waals surface area contributed by atoms with Crippen molar-refractivity contribution in [3.8, 4) is 11.5 Å². The highest BCUT2D eigenvalue weighted by molar-refractivity contribution is 5.46. The number of ether oxygens (including phenoxy) is 1. The molecule has 1 aliphatic carbocycles. The molecule has 1 aromatic carbocycles. The number of benzene rings is 1. The second-order valence-corrected chi connectivity index (χ2v) is 4.33. The molecule has 15 heavy (non-hydrogen) atoms. The van der Waals surface area contributed by atoms with Crippen molar-refractivity contribution < 1.29 is 9.84 Å². The Hall–Kier alpha value is -1.22. The van der Waals surface area contributed by atoms with Crippen molar-refractivity contribution in [1.29, 1.82) is 0 Å². The summed E-state index contributed by atoms with van der Waals surface area (Å²) in [6.07, 6.45) is 2.25. The van der Waals surface area contributed by atoms with Gasteiger partial charge in [-0.15, -0.1) is 0 Å². The van der Waals surface area contributed by atoms with Crippen molar-refractivity contribution >= 4 is 0 Å². The molecule has 0 saturated heterocycles. The third kappa shape index (κ3) is 1.57. The summed E-state index contributed by atoms with van der Waals surface area (Å²) in [6, 6.07) is 5.66. The lowest BCUT2D eigenvalue weighted by molar-refractivity contribution is 0.372. The maximum absolute atomic E-state index is 9.50. The minimum absolute atomic E-state index is 0.112. The lowest BCUT2D eigenvalue weighted by Crippen LogP contribution is -2.31. The number of aromatic hydroxyl groups is 1. The van der Waals surface area contributed by atoms with Gasteiger partial charge < -0.3 is 15.6 Å². The average Bonchev–Trinajstić information content (AvgIpc) is 2.99. The number of nitrogens with two attached hydrogens (primary N) is 1. The standard InChI is InChI=1S/C12H17NO2/c1-8(13)12(5-6-12)9-3-4-10(14)11(7-9)15-2/h3-4,7-8,14H,5-6,13H2,1-2H3. The maximum atomic E-state index is 9.50. The summed E-state index contributed by atoms with van der Waals surface area (Å²) >= 11 is 0. The fourth-order valence-electron chi connectivity index (χ4n) is 2.13. The van der Waals surface area contributed by atoms with Crippen LogP contribution in [-0.2, 0) is 5.41 Å². The Morgan fingerprint density at radius 1 is 1.47 bits per heavy atom. The Bertz CT molecular complexity index is 370. The average molecular weight is 207 g/mol. The van der Waals surface area contributed by atoms with Crippen molar-refractivity contribution in [3.63, 3.8) is 0 Å². The molecule has 2 rings (SSSR count). The van der Waals surface area contributed by atoms with E-state index in [-0.39, 0.29) is 17.2 Å². The molecule has 0 amide bonds. The van der Waals surface area contributed by atoms with Crippen LogP contribution in [0.5, 0.6) is 11.5 Å². The first kappa shape index (κ1) is 10.3. The largest absolute Gasteiger partial charge is 0.504 e. The molecule has 3 heteroatoms. The van der Waals surface area contributed by atoms with E-state index in [0.29, 0.717) is 5.75 Å². The number of rotatable bonds is 3. The van der Waals surface area contributed by atoms with Crippen LogP contribution in [0.25, 0.3) is 0 Å². The van der Waals surface area contributed by atoms with Gasteiger partial charge in [0.05, 0.1) is 7.11 Å². The zero-order valence-electron chi connectivity index (χ0n) is 9.16. The minimum atomic E-state index is 0.112. The normalized spacial score (nSPS) is 19.7. The van der Waals surface area contributed by atoms with Crippen molar-refractivity contribution in [2.45, 2.75) is 31.2 Å². The molecular weight excluding hydrogens is 190 g/mol. The number of hydrogen-bond acceptors (Lipinski definition) is 3. The van der Waals surface area contributed by atoms with Gasteiger partial charge in [0.25, 0.3) is 0 Å². The quantitative estimate of drug-likeness (QED) is 0.794. The Kier molecular flexibility index (Phi) is 2.35. The first-order chi connectivity index (χ1) is 7.10. The molecule has 3 N–H and O–H groups in total. The Balaban J connectivity index is 2.38. The number of hydrogen-bond donors (Lipinski definition) is 2. The molecule has 0 radical (unpaired) electrons. The van der Waals surface area contributed by atoms with Gasteiger partial charge in [-0.05, 0) is 37.5 Å². The van der Waals surface area contributed by atoms with Gasteiger partial charge in [0.1, 0.15) is 0 Å². The molecule has 1 atom stereocenters. The molecule has 1 aromatic rings. The van der Waals surface area contributed by atoms with E-state index in [2.05, 4.69) is 0 Å². The van der Waals surface area contributed by atoms with Crippen molar-refractivity contribution in [3.05, 3.63) is 23.8 Å². The van der Waals surface area contributed by atoms with Crippen molar-refractivity contribution in [2.24, 2.45) is 5.73 Å². The fraction of sp³-hybridized carbons (Fsp3) is 0.500. The Morgan fingerprint density at radius 3 is 2.60 bits per heavy atom. The summed E-state index contributed by atoms with van der Waals surface area (Å²) in [6.45, 7) is 2.03. The van der Waals surface area contributed by atoms with Crippen LogP contribution in [0.4, 0.5) is 0 Å². The smallest absolute Gasteiger partial charge is 0.160 e. The molecule has 1 saturated carbocycles. The first-order valence-electron chi connectivity index (χ1n) is 5.23. The number of methoxy groups -OCH3 is 1. The molecule has 0 bridgehead atoms. The van der Waals surface area contributed by atoms with Crippen LogP contribution < -0.4 is 10.5 Å². The van der Waals surface area contributed by atoms with E-state index < -0.39 is 0 Å². The maximum Gasteiger partial charge on any atom is 0.160 e. The van der Waals surface area contributed by atoms with Crippen molar-refractivity contribution in [1.82, 2.24) is 0 Å². The molecule has 0 aliphatic heterocycles. The lowest BCUT2D eigenvalue weighted by atomic mass is 9.89. The second-order valence-electron chi connectivity index (χ2n) is 4.33. The summed E-state index contributed by atoms with van der Waals surface area (Å²) in [5, 5.41) is 9.50. The van der Waals surface area contributed by atoms with E-state index in [0.717, 1.165) is 12.8 Å². The van der Waals surface area contributed by atoms with Crippen LogP contribution in [0.3, 0.4) is 0 Å². The highest BCUT2D eigenvalue weighted by atomic mass is 16.5. The van der Waals surface area contributed by atoms with Crippen LogP contribution in [0.1, 0.15) is 25.3 Å². The van der Waals surface area contributed by atoms with E-state index in [1.165, 1.54) is 5.56 Å². The summed E-state index contributed by atoms with van der Waals surface area (Å²) in [4.78, 5) is 0. The van der Waals surface area contributed by atoms with Gasteiger partial charge in [-0.25, -0.2) is 0 Å². The van der Waals surface area contributed by atoms with Crippen LogP contribution in [0.15, 0.2) is 18.2 Å². The Morgan fingerprint density at radius 2 is 2.13 bits per heavy atom. The van der Waals surface area contributed by atoms with Gasteiger partial charge in [0, 0.05) is 11.5 Å². The molecular formula is C12H17NO2. The molecule has 1 fully saturated rings. The lowest BCUT2D eigenvalue weighted by Gasteiger charge is -2.20. The second kappa shape index (κ2) is 3.42. The number of phenols is 1. The zero-order valence-corrected chi connectivity index (χ0v) is 9.16.